The molecule has 29 heavy (non-hydrogen) atoms. The summed E-state index contributed by atoms with van der Waals surface area (Å²) < 4.78 is 1.93. The van der Waals surface area contributed by atoms with E-state index in [1.807, 2.05) is 35.0 Å². The number of benzene rings is 2. The van der Waals surface area contributed by atoms with Gasteiger partial charge in [0.1, 0.15) is 0 Å². The zero-order valence-electron chi connectivity index (χ0n) is 17.0. The molecule has 1 aliphatic heterocycles. The van der Waals surface area contributed by atoms with Crippen molar-refractivity contribution in [1.29, 1.82) is 0 Å². The third kappa shape index (κ3) is 4.25. The summed E-state index contributed by atoms with van der Waals surface area (Å²) in [4.78, 5) is 13.7. The van der Waals surface area contributed by atoms with Crippen LogP contribution < -0.4 is 0 Å². The molecule has 0 amide bonds. The molecule has 1 atom stereocenters. The lowest BCUT2D eigenvalue weighted by Gasteiger charge is -2.30. The number of piperidine rings is 1. The van der Waals surface area contributed by atoms with Gasteiger partial charge in [-0.25, -0.2) is 4.68 Å². The molecule has 0 spiro atoms. The lowest BCUT2D eigenvalue weighted by atomic mass is 9.97. The van der Waals surface area contributed by atoms with E-state index in [9.17, 15) is 9.90 Å². The molecule has 1 aromatic heterocycles. The molecule has 2 heterocycles. The fourth-order valence-corrected chi connectivity index (χ4v) is 4.01. The Morgan fingerprint density at radius 2 is 1.93 bits per heavy atom. The van der Waals surface area contributed by atoms with E-state index in [0.717, 1.165) is 41.9 Å². The summed E-state index contributed by atoms with van der Waals surface area (Å²) in [5.41, 5.74) is 6.72. The zero-order chi connectivity index (χ0) is 20.4. The standard InChI is InChI=1S/C24H27N3O2/c1-17-10-11-19(13-18(17)2)23-21(15-26-12-6-7-20(14-26)24(28)29)16-27(25-23)22-8-4-3-5-9-22/h3-5,8-11,13,16,20H,6-7,12,14-15H2,1-2H3,(H,28,29). The molecule has 4 rings (SSSR count). The molecule has 0 bridgehead atoms. The summed E-state index contributed by atoms with van der Waals surface area (Å²) in [5.74, 6) is -0.970. The van der Waals surface area contributed by atoms with Gasteiger partial charge >= 0.3 is 5.97 Å². The van der Waals surface area contributed by atoms with Crippen LogP contribution in [0.1, 0.15) is 29.5 Å². The number of para-hydroxylation sites is 1. The van der Waals surface area contributed by atoms with Gasteiger partial charge in [-0.3, -0.25) is 9.69 Å². The Kier molecular flexibility index (Phi) is 5.49. The van der Waals surface area contributed by atoms with Crippen LogP contribution in [0.25, 0.3) is 16.9 Å². The molecule has 1 unspecified atom stereocenters. The number of carbonyl (C=O) groups is 1. The molecule has 0 radical (unpaired) electrons. The monoisotopic (exact) mass is 389 g/mol. The fourth-order valence-electron chi connectivity index (χ4n) is 4.01. The quantitative estimate of drug-likeness (QED) is 0.700. The summed E-state index contributed by atoms with van der Waals surface area (Å²) >= 11 is 0. The molecule has 0 saturated carbocycles. The van der Waals surface area contributed by atoms with Crippen molar-refractivity contribution in [3.8, 4) is 16.9 Å². The number of nitrogens with zero attached hydrogens (tertiary/aromatic N) is 3. The van der Waals surface area contributed by atoms with Crippen LogP contribution in [0.2, 0.25) is 0 Å². The first-order valence-corrected chi connectivity index (χ1v) is 10.2. The van der Waals surface area contributed by atoms with Crippen LogP contribution in [0.5, 0.6) is 0 Å². The number of hydrogen-bond acceptors (Lipinski definition) is 3. The lowest BCUT2D eigenvalue weighted by molar-refractivity contribution is -0.143. The van der Waals surface area contributed by atoms with Gasteiger partial charge in [0.2, 0.25) is 0 Å². The summed E-state index contributed by atoms with van der Waals surface area (Å²) in [5, 5.41) is 14.3. The van der Waals surface area contributed by atoms with E-state index in [4.69, 9.17) is 5.10 Å². The van der Waals surface area contributed by atoms with Crippen LogP contribution in [0.4, 0.5) is 0 Å². The first kappa shape index (κ1) is 19.4. The first-order valence-electron chi connectivity index (χ1n) is 10.2. The van der Waals surface area contributed by atoms with Crippen molar-refractivity contribution in [2.75, 3.05) is 13.1 Å². The van der Waals surface area contributed by atoms with Gasteiger partial charge in [0.25, 0.3) is 0 Å². The predicted molar refractivity (Wildman–Crippen MR) is 114 cm³/mol. The van der Waals surface area contributed by atoms with Crippen LogP contribution in [-0.2, 0) is 11.3 Å². The molecule has 1 fully saturated rings. The molecular weight excluding hydrogens is 362 g/mol. The van der Waals surface area contributed by atoms with Crippen molar-refractivity contribution in [3.05, 3.63) is 71.4 Å². The number of likely N-dealkylation sites (tertiary alicyclic amines) is 1. The van der Waals surface area contributed by atoms with E-state index >= 15 is 0 Å². The maximum absolute atomic E-state index is 11.5. The van der Waals surface area contributed by atoms with Crippen molar-refractivity contribution in [2.24, 2.45) is 5.92 Å². The Labute approximate surface area is 171 Å². The van der Waals surface area contributed by atoms with Crippen LogP contribution in [0.15, 0.2) is 54.7 Å². The number of rotatable bonds is 5. The van der Waals surface area contributed by atoms with Gasteiger partial charge < -0.3 is 5.11 Å². The summed E-state index contributed by atoms with van der Waals surface area (Å²) in [6, 6.07) is 16.6. The highest BCUT2D eigenvalue weighted by molar-refractivity contribution is 5.70. The predicted octanol–water partition coefficient (Wildman–Crippen LogP) is 4.45. The molecule has 150 valence electrons. The summed E-state index contributed by atoms with van der Waals surface area (Å²) in [6.45, 7) is 6.46. The number of aromatic nitrogens is 2. The maximum atomic E-state index is 11.5. The minimum absolute atomic E-state index is 0.280. The molecule has 1 saturated heterocycles. The summed E-state index contributed by atoms with van der Waals surface area (Å²) in [6.07, 6.45) is 3.77. The van der Waals surface area contributed by atoms with Gasteiger partial charge in [-0.05, 0) is 62.6 Å². The van der Waals surface area contributed by atoms with Crippen molar-refractivity contribution in [2.45, 2.75) is 33.2 Å². The fraction of sp³-hybridized carbons (Fsp3) is 0.333. The topological polar surface area (TPSA) is 58.4 Å². The van der Waals surface area contributed by atoms with E-state index in [2.05, 4.69) is 43.1 Å². The van der Waals surface area contributed by atoms with E-state index < -0.39 is 5.97 Å². The average molecular weight is 389 g/mol. The van der Waals surface area contributed by atoms with E-state index in [1.165, 1.54) is 11.1 Å². The number of aliphatic carboxylic acids is 1. The minimum Gasteiger partial charge on any atom is -0.481 e. The number of carboxylic acids is 1. The Bertz CT molecular complexity index is 1010. The SMILES string of the molecule is Cc1ccc(-c2nn(-c3ccccc3)cc2CN2CCCC(C(=O)O)C2)cc1C. The molecule has 1 N–H and O–H groups in total. The highest BCUT2D eigenvalue weighted by Crippen LogP contribution is 2.28. The van der Waals surface area contributed by atoms with Crippen molar-refractivity contribution in [1.82, 2.24) is 14.7 Å². The van der Waals surface area contributed by atoms with Crippen LogP contribution in [-0.4, -0.2) is 38.8 Å². The second-order valence-electron chi connectivity index (χ2n) is 7.99. The largest absolute Gasteiger partial charge is 0.481 e. The van der Waals surface area contributed by atoms with Gasteiger partial charge in [0.15, 0.2) is 0 Å². The second-order valence-corrected chi connectivity index (χ2v) is 7.99. The third-order valence-corrected chi connectivity index (χ3v) is 5.84. The summed E-state index contributed by atoms with van der Waals surface area (Å²) in [7, 11) is 0. The molecule has 5 heteroatoms. The molecule has 2 aromatic carbocycles. The van der Waals surface area contributed by atoms with E-state index in [-0.39, 0.29) is 5.92 Å². The van der Waals surface area contributed by atoms with E-state index in [1.54, 1.807) is 0 Å². The van der Waals surface area contributed by atoms with Crippen LogP contribution in [0.3, 0.4) is 0 Å². The molecule has 0 aliphatic carbocycles. The van der Waals surface area contributed by atoms with Crippen LogP contribution >= 0.6 is 0 Å². The smallest absolute Gasteiger partial charge is 0.307 e. The molecule has 5 nitrogen and oxygen atoms in total. The Hall–Kier alpha value is -2.92. The average Bonchev–Trinajstić information content (AvgIpc) is 3.14. The van der Waals surface area contributed by atoms with Gasteiger partial charge in [0.05, 0.1) is 17.3 Å². The first-order chi connectivity index (χ1) is 14.0. The van der Waals surface area contributed by atoms with Gasteiger partial charge in [0, 0.05) is 30.4 Å². The molecular formula is C24H27N3O2. The Morgan fingerprint density at radius 3 is 2.66 bits per heavy atom. The molecule has 1 aliphatic rings. The number of carboxylic acid groups (broad SMARTS) is 1. The van der Waals surface area contributed by atoms with Crippen molar-refractivity contribution >= 4 is 5.97 Å². The number of hydrogen-bond donors (Lipinski definition) is 1. The normalized spacial score (nSPS) is 17.4. The number of aryl methyl sites for hydroxylation is 2. The highest BCUT2D eigenvalue weighted by Gasteiger charge is 2.26. The lowest BCUT2D eigenvalue weighted by Crippen LogP contribution is -2.38. The maximum Gasteiger partial charge on any atom is 0.307 e. The van der Waals surface area contributed by atoms with Crippen molar-refractivity contribution in [3.63, 3.8) is 0 Å². The molecule has 3 aromatic rings. The van der Waals surface area contributed by atoms with Gasteiger partial charge in [-0.1, -0.05) is 30.3 Å². The minimum atomic E-state index is -0.691. The Balaban J connectivity index is 1.70. The Morgan fingerprint density at radius 1 is 1.14 bits per heavy atom. The zero-order valence-corrected chi connectivity index (χ0v) is 17.0. The third-order valence-electron chi connectivity index (χ3n) is 5.84. The van der Waals surface area contributed by atoms with E-state index in [0.29, 0.717) is 13.1 Å². The van der Waals surface area contributed by atoms with Gasteiger partial charge in [-0.15, -0.1) is 0 Å². The van der Waals surface area contributed by atoms with Crippen LogP contribution in [0, 0.1) is 19.8 Å². The second kappa shape index (κ2) is 8.21. The highest BCUT2D eigenvalue weighted by atomic mass is 16.4. The van der Waals surface area contributed by atoms with Gasteiger partial charge in [-0.2, -0.15) is 5.10 Å². The van der Waals surface area contributed by atoms with Crippen molar-refractivity contribution < 1.29 is 9.90 Å².